The Hall–Kier alpha value is -1.50. The maximum absolute atomic E-state index is 12.9. The van der Waals surface area contributed by atoms with Crippen LogP contribution in [0.2, 0.25) is 0 Å². The predicted molar refractivity (Wildman–Crippen MR) is 126 cm³/mol. The molecule has 31 heavy (non-hydrogen) atoms. The lowest BCUT2D eigenvalue weighted by Gasteiger charge is -2.24. The number of aliphatic carboxylic acids is 1. The zero-order valence-electron chi connectivity index (χ0n) is 18.5. The van der Waals surface area contributed by atoms with E-state index in [-0.39, 0.29) is 0 Å². The van der Waals surface area contributed by atoms with Crippen LogP contribution in [0.5, 0.6) is 0 Å². The normalized spacial score (nSPS) is 14.7. The van der Waals surface area contributed by atoms with Gasteiger partial charge in [0.15, 0.2) is 0 Å². The van der Waals surface area contributed by atoms with Gasteiger partial charge >= 0.3 is 5.97 Å². The van der Waals surface area contributed by atoms with Crippen LogP contribution in [-0.2, 0) is 19.2 Å². The fraction of sp³-hybridized carbons (Fsp3) is 0.789. The molecule has 0 saturated carbocycles. The van der Waals surface area contributed by atoms with Crippen LogP contribution in [0.25, 0.3) is 0 Å². The van der Waals surface area contributed by atoms with Gasteiger partial charge in [-0.15, -0.1) is 0 Å². The molecule has 0 aromatic heterocycles. The number of carbonyl (C=O) groups is 4. The Kier molecular flexibility index (Phi) is 16.3. The van der Waals surface area contributed by atoms with E-state index in [0.717, 1.165) is 6.42 Å². The van der Waals surface area contributed by atoms with E-state index in [1.165, 1.54) is 30.4 Å². The third-order valence-electron chi connectivity index (χ3n) is 4.52. The average Bonchev–Trinajstić information content (AvgIpc) is 2.73. The van der Waals surface area contributed by atoms with E-state index >= 15 is 0 Å². The highest BCUT2D eigenvalue weighted by atomic mass is 32.2. The van der Waals surface area contributed by atoms with Gasteiger partial charge in [0.25, 0.3) is 0 Å². The Morgan fingerprint density at radius 2 is 1.32 bits per heavy atom. The summed E-state index contributed by atoms with van der Waals surface area (Å²) in [6.45, 7) is 1.87. The summed E-state index contributed by atoms with van der Waals surface area (Å²) in [5.74, 6) is -1.46. The number of rotatable bonds is 17. The number of unbranched alkanes of at least 4 members (excludes halogenated alkanes) is 1. The van der Waals surface area contributed by atoms with Gasteiger partial charge in [0.2, 0.25) is 17.7 Å². The standard InChI is InChI=1S/C19H37N5O5S2/c1-12(19(28)29)22-17(26)14(7-10-30-2)24-18(27)15(8-11-31-3)23-16(25)13(21)6-4-5-9-20/h12-15H,4-11,20-21H2,1-3H3,(H,22,26)(H,23,25)(H,24,27)(H,28,29). The van der Waals surface area contributed by atoms with E-state index in [1.54, 1.807) is 0 Å². The van der Waals surface area contributed by atoms with E-state index < -0.39 is 47.9 Å². The first-order valence-corrected chi connectivity index (χ1v) is 13.0. The molecule has 8 N–H and O–H groups in total. The first-order valence-electron chi connectivity index (χ1n) is 10.2. The summed E-state index contributed by atoms with van der Waals surface area (Å²) in [5, 5.41) is 16.7. The molecule has 0 spiro atoms. The molecular weight excluding hydrogens is 442 g/mol. The number of thioether (sulfide) groups is 2. The van der Waals surface area contributed by atoms with Gasteiger partial charge in [-0.3, -0.25) is 19.2 Å². The van der Waals surface area contributed by atoms with E-state index in [1.807, 2.05) is 12.5 Å². The molecule has 0 saturated heterocycles. The number of carboxylic acid groups (broad SMARTS) is 1. The lowest BCUT2D eigenvalue weighted by atomic mass is 10.1. The lowest BCUT2D eigenvalue weighted by Crippen LogP contribution is -2.57. The highest BCUT2D eigenvalue weighted by Gasteiger charge is 2.28. The van der Waals surface area contributed by atoms with Gasteiger partial charge in [-0.25, -0.2) is 0 Å². The quantitative estimate of drug-likeness (QED) is 0.150. The monoisotopic (exact) mass is 479 g/mol. The van der Waals surface area contributed by atoms with Crippen LogP contribution in [0.3, 0.4) is 0 Å². The number of hydrogen-bond acceptors (Lipinski definition) is 8. The summed E-state index contributed by atoms with van der Waals surface area (Å²) in [7, 11) is 0. The molecule has 4 unspecified atom stereocenters. The van der Waals surface area contributed by atoms with Gasteiger partial charge in [-0.1, -0.05) is 6.42 Å². The molecule has 0 aromatic rings. The molecule has 0 rings (SSSR count). The molecule has 4 atom stereocenters. The van der Waals surface area contributed by atoms with Crippen molar-refractivity contribution in [3.05, 3.63) is 0 Å². The van der Waals surface area contributed by atoms with E-state index in [2.05, 4.69) is 16.0 Å². The molecule has 0 heterocycles. The lowest BCUT2D eigenvalue weighted by molar-refractivity contribution is -0.141. The highest BCUT2D eigenvalue weighted by molar-refractivity contribution is 7.98. The molecule has 0 aliphatic carbocycles. The fourth-order valence-corrected chi connectivity index (χ4v) is 3.52. The minimum absolute atomic E-state index is 0.326. The third kappa shape index (κ3) is 12.8. The first-order chi connectivity index (χ1) is 14.7. The predicted octanol–water partition coefficient (Wildman–Crippen LogP) is -0.492. The Bertz CT molecular complexity index is 582. The number of nitrogens with two attached hydrogens (primary N) is 2. The molecule has 12 heteroatoms. The largest absolute Gasteiger partial charge is 0.480 e. The maximum atomic E-state index is 12.9. The average molecular weight is 480 g/mol. The van der Waals surface area contributed by atoms with Crippen molar-refractivity contribution in [1.29, 1.82) is 0 Å². The maximum Gasteiger partial charge on any atom is 0.325 e. The highest BCUT2D eigenvalue weighted by Crippen LogP contribution is 2.07. The summed E-state index contributed by atoms with van der Waals surface area (Å²) >= 11 is 3.03. The number of carbonyl (C=O) groups excluding carboxylic acids is 3. The Morgan fingerprint density at radius 1 is 0.839 bits per heavy atom. The summed E-state index contributed by atoms with van der Waals surface area (Å²) in [5.41, 5.74) is 11.4. The van der Waals surface area contributed by atoms with Crippen LogP contribution in [0.15, 0.2) is 0 Å². The Balaban J connectivity index is 5.16. The smallest absolute Gasteiger partial charge is 0.325 e. The zero-order chi connectivity index (χ0) is 23.8. The second kappa shape index (κ2) is 17.1. The summed E-state index contributed by atoms with van der Waals surface area (Å²) < 4.78 is 0. The van der Waals surface area contributed by atoms with Gasteiger partial charge in [-0.2, -0.15) is 23.5 Å². The van der Waals surface area contributed by atoms with E-state index in [9.17, 15) is 19.2 Å². The first kappa shape index (κ1) is 29.5. The van der Waals surface area contributed by atoms with Crippen molar-refractivity contribution in [3.63, 3.8) is 0 Å². The van der Waals surface area contributed by atoms with Crippen molar-refractivity contribution in [2.45, 2.75) is 63.2 Å². The molecule has 0 bridgehead atoms. The second-order valence-electron chi connectivity index (χ2n) is 7.14. The summed E-state index contributed by atoms with van der Waals surface area (Å²) in [6, 6.07) is -3.58. The van der Waals surface area contributed by atoms with Crippen molar-refractivity contribution in [2.24, 2.45) is 11.5 Å². The van der Waals surface area contributed by atoms with Crippen LogP contribution in [-0.4, -0.2) is 83.5 Å². The van der Waals surface area contributed by atoms with E-state index in [0.29, 0.717) is 43.7 Å². The van der Waals surface area contributed by atoms with Crippen molar-refractivity contribution in [2.75, 3.05) is 30.6 Å². The molecule has 10 nitrogen and oxygen atoms in total. The number of amides is 3. The number of nitrogens with one attached hydrogen (secondary N) is 3. The summed E-state index contributed by atoms with van der Waals surface area (Å²) in [6.07, 6.45) is 6.39. The SMILES string of the molecule is CSCCC(NC(=O)C(N)CCCCN)C(=O)NC(CCSC)C(=O)NC(C)C(=O)O. The van der Waals surface area contributed by atoms with Gasteiger partial charge in [-0.05, 0) is 63.2 Å². The van der Waals surface area contributed by atoms with Crippen molar-refractivity contribution in [1.82, 2.24) is 16.0 Å². The van der Waals surface area contributed by atoms with Crippen molar-refractivity contribution in [3.8, 4) is 0 Å². The Morgan fingerprint density at radius 3 is 1.77 bits per heavy atom. The topological polar surface area (TPSA) is 177 Å². The molecule has 0 aromatic carbocycles. The van der Waals surface area contributed by atoms with Gasteiger partial charge < -0.3 is 32.5 Å². The summed E-state index contributed by atoms with van der Waals surface area (Å²) in [4.78, 5) is 48.8. The molecule has 0 aliphatic heterocycles. The molecule has 180 valence electrons. The third-order valence-corrected chi connectivity index (χ3v) is 5.81. The zero-order valence-corrected chi connectivity index (χ0v) is 20.2. The minimum Gasteiger partial charge on any atom is -0.480 e. The van der Waals surface area contributed by atoms with Crippen LogP contribution in [0.1, 0.15) is 39.0 Å². The van der Waals surface area contributed by atoms with Crippen LogP contribution < -0.4 is 27.4 Å². The molecular formula is C19H37N5O5S2. The minimum atomic E-state index is -1.17. The van der Waals surface area contributed by atoms with E-state index in [4.69, 9.17) is 16.6 Å². The molecule has 3 amide bonds. The second-order valence-corrected chi connectivity index (χ2v) is 9.12. The molecule has 0 fully saturated rings. The fourth-order valence-electron chi connectivity index (χ4n) is 2.58. The van der Waals surface area contributed by atoms with Crippen molar-refractivity contribution < 1.29 is 24.3 Å². The van der Waals surface area contributed by atoms with Crippen LogP contribution in [0, 0.1) is 0 Å². The van der Waals surface area contributed by atoms with Crippen molar-refractivity contribution >= 4 is 47.2 Å². The molecule has 0 radical (unpaired) electrons. The number of carboxylic acids is 1. The van der Waals surface area contributed by atoms with Crippen LogP contribution in [0.4, 0.5) is 0 Å². The number of hydrogen-bond donors (Lipinski definition) is 6. The van der Waals surface area contributed by atoms with Gasteiger partial charge in [0.05, 0.1) is 6.04 Å². The van der Waals surface area contributed by atoms with Gasteiger partial charge in [0.1, 0.15) is 18.1 Å². The van der Waals surface area contributed by atoms with Gasteiger partial charge in [0, 0.05) is 0 Å². The van der Waals surface area contributed by atoms with Crippen LogP contribution >= 0.6 is 23.5 Å². The Labute approximate surface area is 192 Å². The molecule has 0 aliphatic rings.